The van der Waals surface area contributed by atoms with Gasteiger partial charge in [0, 0.05) is 11.5 Å². The number of hydrogen-bond acceptors (Lipinski definition) is 7. The first-order valence-corrected chi connectivity index (χ1v) is 18.8. The van der Waals surface area contributed by atoms with Crippen LogP contribution in [0.25, 0.3) is 0 Å². The van der Waals surface area contributed by atoms with E-state index in [1.54, 1.807) is 4.68 Å². The predicted molar refractivity (Wildman–Crippen MR) is 188 cm³/mol. The highest BCUT2D eigenvalue weighted by atomic mass is 16.5. The van der Waals surface area contributed by atoms with Crippen molar-refractivity contribution in [1.82, 2.24) is 14.8 Å². The molecule has 2 heterocycles. The van der Waals surface area contributed by atoms with Crippen molar-refractivity contribution in [1.29, 1.82) is 0 Å². The Kier molecular flexibility index (Phi) is 8.84. The average Bonchev–Trinajstić information content (AvgIpc) is 3.50. The number of fused-ring (bicyclic) bond motifs is 3. The lowest BCUT2D eigenvalue weighted by Crippen LogP contribution is -2.70. The predicted octanol–water partition coefficient (Wildman–Crippen LogP) is 6.27. The molecule has 4 aliphatic carbocycles. The lowest BCUT2D eigenvalue weighted by molar-refractivity contribution is -0.253. The number of carbonyl (C=O) groups is 2. The molecule has 5 N–H and O–H groups in total. The van der Waals surface area contributed by atoms with E-state index in [4.69, 9.17) is 20.9 Å². The summed E-state index contributed by atoms with van der Waals surface area (Å²) in [6.45, 7) is 23.8. The van der Waals surface area contributed by atoms with Crippen molar-refractivity contribution in [3.63, 3.8) is 0 Å². The molecule has 10 heteroatoms. The van der Waals surface area contributed by atoms with Gasteiger partial charge in [-0.05, 0) is 89.3 Å². The molecule has 0 radical (unpaired) electrons. The van der Waals surface area contributed by atoms with E-state index in [2.05, 4.69) is 85.4 Å². The number of aromatic nitrogens is 3. The number of hydrogen-bond donors (Lipinski definition) is 3. The molecule has 2 bridgehead atoms. The van der Waals surface area contributed by atoms with E-state index < -0.39 is 34.7 Å². The molecule has 0 spiro atoms. The molecule has 1 saturated heterocycles. The van der Waals surface area contributed by atoms with E-state index in [9.17, 15) is 14.7 Å². The molecular weight excluding hydrogens is 618 g/mol. The summed E-state index contributed by atoms with van der Waals surface area (Å²) in [5.41, 5.74) is 12.1. The van der Waals surface area contributed by atoms with Crippen LogP contribution in [0.3, 0.4) is 0 Å². The fourth-order valence-electron chi connectivity index (χ4n) is 12.2. The summed E-state index contributed by atoms with van der Waals surface area (Å²) in [5.74, 6) is -0.509. The minimum Gasteiger partial charge on any atom is -0.481 e. The maximum atomic E-state index is 13.5. The van der Waals surface area contributed by atoms with Crippen LogP contribution in [0.2, 0.25) is 0 Å². The van der Waals surface area contributed by atoms with Crippen molar-refractivity contribution in [3.05, 3.63) is 23.8 Å². The molecule has 12 atom stereocenters. The molecule has 274 valence electrons. The summed E-state index contributed by atoms with van der Waals surface area (Å²) >= 11 is 0. The zero-order valence-electron chi connectivity index (χ0n) is 31.7. The quantitative estimate of drug-likeness (QED) is 0.272. The zero-order valence-corrected chi connectivity index (χ0v) is 31.7. The Labute approximate surface area is 293 Å². The van der Waals surface area contributed by atoms with Gasteiger partial charge in [-0.3, -0.25) is 9.59 Å². The Bertz CT molecular complexity index is 1500. The monoisotopic (exact) mass is 681 g/mol. The van der Waals surface area contributed by atoms with Crippen LogP contribution in [-0.4, -0.2) is 63.7 Å². The van der Waals surface area contributed by atoms with Gasteiger partial charge in [-0.1, -0.05) is 80.9 Å². The van der Waals surface area contributed by atoms with Gasteiger partial charge in [0.05, 0.1) is 37.9 Å². The van der Waals surface area contributed by atoms with E-state index in [1.165, 1.54) is 11.9 Å². The maximum Gasteiger partial charge on any atom is 0.307 e. The smallest absolute Gasteiger partial charge is 0.307 e. The lowest BCUT2D eigenvalue weighted by atomic mass is 9.34. The first-order valence-electron chi connectivity index (χ1n) is 18.8. The number of carboxylic acid groups (broad SMARTS) is 1. The second-order valence-electron chi connectivity index (χ2n) is 19.3. The van der Waals surface area contributed by atoms with Crippen molar-refractivity contribution in [2.24, 2.45) is 73.5 Å². The fourth-order valence-corrected chi connectivity index (χ4v) is 12.2. The van der Waals surface area contributed by atoms with Crippen LogP contribution in [0.1, 0.15) is 124 Å². The third-order valence-corrected chi connectivity index (χ3v) is 15.7. The number of allylic oxidation sites excluding steroid dienone is 1. The van der Waals surface area contributed by atoms with Crippen LogP contribution in [0, 0.1) is 62.1 Å². The van der Waals surface area contributed by atoms with Gasteiger partial charge in [-0.15, -0.1) is 0 Å². The van der Waals surface area contributed by atoms with Gasteiger partial charge in [-0.25, -0.2) is 9.67 Å². The normalized spacial score (nSPS) is 43.1. The second kappa shape index (κ2) is 11.9. The highest BCUT2D eigenvalue weighted by Gasteiger charge is 2.72. The third-order valence-electron chi connectivity index (χ3n) is 15.7. The van der Waals surface area contributed by atoms with E-state index >= 15 is 0 Å². The number of ether oxygens (including phenoxy) is 2. The zero-order chi connectivity index (χ0) is 36.1. The van der Waals surface area contributed by atoms with Gasteiger partial charge in [0.1, 0.15) is 6.33 Å². The largest absolute Gasteiger partial charge is 0.481 e. The summed E-state index contributed by atoms with van der Waals surface area (Å²) in [6.07, 6.45) is 8.70. The molecule has 1 aliphatic heterocycles. The van der Waals surface area contributed by atoms with Gasteiger partial charge >= 0.3 is 5.97 Å². The van der Waals surface area contributed by atoms with Crippen LogP contribution in [-0.2, 0) is 14.3 Å². The summed E-state index contributed by atoms with van der Waals surface area (Å²) in [6, 6.07) is -0.528. The molecule has 3 saturated carbocycles. The summed E-state index contributed by atoms with van der Waals surface area (Å²) in [7, 11) is 0. The molecule has 0 aromatic carbocycles. The fraction of sp³-hybridized carbons (Fsp3) is 0.846. The van der Waals surface area contributed by atoms with E-state index in [-0.39, 0.29) is 57.3 Å². The number of rotatable bonds is 8. The van der Waals surface area contributed by atoms with Crippen LogP contribution < -0.4 is 11.5 Å². The molecule has 5 aliphatic rings. The van der Waals surface area contributed by atoms with Crippen LogP contribution in [0.4, 0.5) is 0 Å². The number of primary amides is 1. The lowest BCUT2D eigenvalue weighted by Gasteiger charge is -2.71. The molecule has 4 fully saturated rings. The molecule has 6 rings (SSSR count). The minimum atomic E-state index is -0.666. The second-order valence-corrected chi connectivity index (χ2v) is 19.3. The number of nitrogens with two attached hydrogens (primary N) is 2. The SMILES string of the molecule is CC(C)[C@@H](C)[C@@]1(C)CC[C@]2(C)[C@H]3CC[C@@H]4[C@@]5(C)COC[C@@]4(C3=CC[C@@]2(C)[C@@H]1C(=O)O)[C@@H](OC[C@H](N)C(C)(C)C)[C@H](n1ncnc1C(N)=O)C5. The Balaban J connectivity index is 1.53. The first kappa shape index (κ1) is 36.5. The number of carboxylic acids is 1. The Morgan fingerprint density at radius 2 is 1.80 bits per heavy atom. The van der Waals surface area contributed by atoms with Crippen LogP contribution in [0.15, 0.2) is 18.0 Å². The minimum absolute atomic E-state index is 0.135. The van der Waals surface area contributed by atoms with E-state index in [0.29, 0.717) is 38.6 Å². The molecule has 10 nitrogen and oxygen atoms in total. The van der Waals surface area contributed by atoms with Crippen molar-refractivity contribution in [2.45, 2.75) is 126 Å². The first-order chi connectivity index (χ1) is 22.7. The third kappa shape index (κ3) is 5.11. The molecule has 1 aromatic heterocycles. The summed E-state index contributed by atoms with van der Waals surface area (Å²) in [4.78, 5) is 30.5. The number of aliphatic carboxylic acids is 1. The average molecular weight is 682 g/mol. The van der Waals surface area contributed by atoms with Crippen molar-refractivity contribution < 1.29 is 24.2 Å². The molecular formula is C39H63N5O5. The Morgan fingerprint density at radius 3 is 2.41 bits per heavy atom. The van der Waals surface area contributed by atoms with Gasteiger partial charge in [0.2, 0.25) is 5.82 Å². The van der Waals surface area contributed by atoms with Gasteiger partial charge in [-0.2, -0.15) is 5.10 Å². The Morgan fingerprint density at radius 1 is 1.10 bits per heavy atom. The van der Waals surface area contributed by atoms with Crippen LogP contribution >= 0.6 is 0 Å². The number of carbonyl (C=O) groups excluding carboxylic acids is 1. The maximum absolute atomic E-state index is 13.5. The van der Waals surface area contributed by atoms with Gasteiger partial charge in [0.15, 0.2) is 0 Å². The summed E-state index contributed by atoms with van der Waals surface area (Å²) in [5, 5.41) is 15.7. The van der Waals surface area contributed by atoms with Crippen molar-refractivity contribution in [2.75, 3.05) is 19.8 Å². The van der Waals surface area contributed by atoms with Crippen molar-refractivity contribution in [3.8, 4) is 0 Å². The highest BCUT2D eigenvalue weighted by Crippen LogP contribution is 2.75. The number of amides is 1. The summed E-state index contributed by atoms with van der Waals surface area (Å²) < 4.78 is 15.5. The van der Waals surface area contributed by atoms with E-state index in [1.807, 2.05) is 0 Å². The van der Waals surface area contributed by atoms with Crippen molar-refractivity contribution >= 4 is 11.9 Å². The molecule has 49 heavy (non-hydrogen) atoms. The molecule has 1 amide bonds. The standard InChI is InChI=1S/C39H63N5O5/c1-22(2)23(3)36(8)15-16-37(9)24-11-12-27-35(7)17-26(44-32(31(41)45)42-21-43-44)30(49-18-28(40)34(4,5)6)39(27,20-48-19-35)25(24)13-14-38(37,10)29(36)33(46)47/h13,21-24,26-30H,11-12,14-20,40H2,1-10H3,(H2,41,45)(H,46,47)/t23-,24+,26-,27-,28+,29-,30+,35-,36-,37-,38+,39+/m1/s1. The number of nitrogens with zero attached hydrogens (tertiary/aromatic N) is 3. The van der Waals surface area contributed by atoms with E-state index in [0.717, 1.165) is 25.7 Å². The topological polar surface area (TPSA) is 156 Å². The van der Waals surface area contributed by atoms with Crippen LogP contribution in [0.5, 0.6) is 0 Å². The Hall–Kier alpha value is -2.30. The molecule has 1 aromatic rings. The molecule has 0 unspecified atom stereocenters. The van der Waals surface area contributed by atoms with Gasteiger partial charge in [0.25, 0.3) is 5.91 Å². The van der Waals surface area contributed by atoms with Gasteiger partial charge < -0.3 is 26.0 Å². The highest BCUT2D eigenvalue weighted by molar-refractivity contribution is 5.89.